The summed E-state index contributed by atoms with van der Waals surface area (Å²) in [7, 11) is 0. The van der Waals surface area contributed by atoms with Gasteiger partial charge in [-0.2, -0.15) is 0 Å². The summed E-state index contributed by atoms with van der Waals surface area (Å²) >= 11 is 5.28. The second-order valence-corrected chi connectivity index (χ2v) is 7.05. The van der Waals surface area contributed by atoms with Gasteiger partial charge in [-0.3, -0.25) is 19.7 Å². The van der Waals surface area contributed by atoms with Crippen LogP contribution in [0.15, 0.2) is 28.9 Å². The molecule has 1 aromatic rings. The van der Waals surface area contributed by atoms with E-state index in [9.17, 15) is 14.4 Å². The highest BCUT2D eigenvalue weighted by Gasteiger charge is 2.34. The standard InChI is InChI=1S/C19H23N3O6S/c23-16(6-5-13-3-1-9-26-13)21-19(29)22-8-7-20-18(25)15(22)11-17(24)28-12-14-4-2-10-27-14/h1,3,5-6,9,14-15H,2,4,7-8,10-12H2,(H,20,25)(H,21,23,29)/b6-5+/t14-,15+/m1/s1. The summed E-state index contributed by atoms with van der Waals surface area (Å²) in [6.45, 7) is 1.57. The number of hydrogen-bond acceptors (Lipinski definition) is 7. The minimum absolute atomic E-state index is 0.0749. The first-order chi connectivity index (χ1) is 14.0. The van der Waals surface area contributed by atoms with Crippen LogP contribution in [0.2, 0.25) is 0 Å². The molecule has 2 aliphatic rings. The lowest BCUT2D eigenvalue weighted by Crippen LogP contribution is -2.60. The summed E-state index contributed by atoms with van der Waals surface area (Å²) in [5, 5.41) is 5.33. The summed E-state index contributed by atoms with van der Waals surface area (Å²) in [4.78, 5) is 38.1. The molecule has 3 rings (SSSR count). The molecule has 0 saturated carbocycles. The summed E-state index contributed by atoms with van der Waals surface area (Å²) < 4.78 is 15.8. The van der Waals surface area contributed by atoms with Gasteiger partial charge in [-0.1, -0.05) is 0 Å². The molecule has 2 aliphatic heterocycles. The van der Waals surface area contributed by atoms with Crippen molar-refractivity contribution < 1.29 is 28.3 Å². The summed E-state index contributed by atoms with van der Waals surface area (Å²) in [5.74, 6) is -0.792. The van der Waals surface area contributed by atoms with E-state index in [1.165, 1.54) is 23.3 Å². The summed E-state index contributed by atoms with van der Waals surface area (Å²) in [6.07, 6.45) is 5.82. The molecule has 10 heteroatoms. The average molecular weight is 421 g/mol. The first kappa shape index (κ1) is 21.0. The molecule has 9 nitrogen and oxygen atoms in total. The molecule has 0 spiro atoms. The number of hydrogen-bond donors (Lipinski definition) is 2. The van der Waals surface area contributed by atoms with Gasteiger partial charge in [-0.05, 0) is 43.3 Å². The Morgan fingerprint density at radius 1 is 1.45 bits per heavy atom. The Balaban J connectivity index is 1.53. The topological polar surface area (TPSA) is 110 Å². The number of furan rings is 1. The Labute approximate surface area is 173 Å². The zero-order valence-corrected chi connectivity index (χ0v) is 16.6. The maximum atomic E-state index is 12.3. The van der Waals surface area contributed by atoms with E-state index >= 15 is 0 Å². The van der Waals surface area contributed by atoms with Gasteiger partial charge < -0.3 is 24.1 Å². The molecular weight excluding hydrogens is 398 g/mol. The van der Waals surface area contributed by atoms with E-state index in [2.05, 4.69) is 10.6 Å². The zero-order chi connectivity index (χ0) is 20.6. The van der Waals surface area contributed by atoms with E-state index in [0.29, 0.717) is 25.5 Å². The predicted molar refractivity (Wildman–Crippen MR) is 107 cm³/mol. The third-order valence-corrected chi connectivity index (χ3v) is 4.91. The van der Waals surface area contributed by atoms with Gasteiger partial charge in [0.05, 0.1) is 18.8 Å². The Morgan fingerprint density at radius 2 is 2.31 bits per heavy atom. The first-order valence-corrected chi connectivity index (χ1v) is 9.82. The molecule has 2 amide bonds. The number of carbonyl (C=O) groups excluding carboxylic acids is 3. The maximum absolute atomic E-state index is 12.3. The van der Waals surface area contributed by atoms with Gasteiger partial charge in [0.25, 0.3) is 0 Å². The molecule has 0 bridgehead atoms. The van der Waals surface area contributed by atoms with Gasteiger partial charge in [0, 0.05) is 25.8 Å². The number of thiocarbonyl (C=S) groups is 1. The SMILES string of the molecule is O=C(/C=C/c1ccco1)NC(=S)N1CCNC(=O)[C@@H]1CC(=O)OC[C@H]1CCCO1. The largest absolute Gasteiger partial charge is 0.465 e. The van der Waals surface area contributed by atoms with Crippen molar-refractivity contribution in [1.82, 2.24) is 15.5 Å². The molecule has 2 atom stereocenters. The highest BCUT2D eigenvalue weighted by molar-refractivity contribution is 7.80. The number of amides is 2. The predicted octanol–water partition coefficient (Wildman–Crippen LogP) is 0.607. The van der Waals surface area contributed by atoms with E-state index in [1.807, 2.05) is 0 Å². The fourth-order valence-corrected chi connectivity index (χ4v) is 3.42. The summed E-state index contributed by atoms with van der Waals surface area (Å²) in [6, 6.07) is 2.56. The van der Waals surface area contributed by atoms with Crippen LogP contribution in [0.3, 0.4) is 0 Å². The van der Waals surface area contributed by atoms with E-state index in [1.54, 1.807) is 12.1 Å². The Bertz CT molecular complexity index is 773. The fraction of sp³-hybridized carbons (Fsp3) is 0.474. The molecule has 1 aromatic heterocycles. The number of ether oxygens (including phenoxy) is 2. The van der Waals surface area contributed by atoms with Crippen LogP contribution in [0, 0.1) is 0 Å². The third kappa shape index (κ3) is 6.13. The summed E-state index contributed by atoms with van der Waals surface area (Å²) in [5.41, 5.74) is 0. The van der Waals surface area contributed by atoms with Crippen molar-refractivity contribution in [1.29, 1.82) is 0 Å². The molecule has 0 unspecified atom stereocenters. The monoisotopic (exact) mass is 421 g/mol. The van der Waals surface area contributed by atoms with Crippen LogP contribution in [0.1, 0.15) is 25.0 Å². The van der Waals surface area contributed by atoms with Crippen LogP contribution in [-0.4, -0.2) is 66.2 Å². The molecule has 29 heavy (non-hydrogen) atoms. The average Bonchev–Trinajstić information content (AvgIpc) is 3.40. The van der Waals surface area contributed by atoms with Gasteiger partial charge in [-0.25, -0.2) is 0 Å². The Kier molecular flexibility index (Phi) is 7.36. The second kappa shape index (κ2) is 10.2. The minimum Gasteiger partial charge on any atom is -0.465 e. The van der Waals surface area contributed by atoms with Crippen molar-refractivity contribution in [3.05, 3.63) is 30.2 Å². The number of piperazine rings is 1. The molecule has 0 aliphatic carbocycles. The zero-order valence-electron chi connectivity index (χ0n) is 15.8. The first-order valence-electron chi connectivity index (χ1n) is 9.41. The van der Waals surface area contributed by atoms with E-state index in [4.69, 9.17) is 26.1 Å². The van der Waals surface area contributed by atoms with Crippen molar-refractivity contribution >= 4 is 41.2 Å². The normalized spacial score (nSPS) is 21.8. The third-order valence-electron chi connectivity index (χ3n) is 4.58. The van der Waals surface area contributed by atoms with E-state index < -0.39 is 17.9 Å². The number of nitrogens with one attached hydrogen (secondary N) is 2. The fourth-order valence-electron chi connectivity index (χ4n) is 3.10. The molecule has 3 heterocycles. The number of carbonyl (C=O) groups is 3. The number of nitrogens with zero attached hydrogens (tertiary/aromatic N) is 1. The molecule has 2 fully saturated rings. The molecular formula is C19H23N3O6S. The van der Waals surface area contributed by atoms with E-state index in [0.717, 1.165) is 12.8 Å². The molecule has 2 N–H and O–H groups in total. The van der Waals surface area contributed by atoms with Gasteiger partial charge in [0.1, 0.15) is 18.4 Å². The van der Waals surface area contributed by atoms with Gasteiger partial charge >= 0.3 is 5.97 Å². The Morgan fingerprint density at radius 3 is 3.03 bits per heavy atom. The smallest absolute Gasteiger partial charge is 0.308 e. The van der Waals surface area contributed by atoms with Crippen molar-refractivity contribution in [2.24, 2.45) is 0 Å². The van der Waals surface area contributed by atoms with Crippen LogP contribution in [-0.2, 0) is 23.9 Å². The highest BCUT2D eigenvalue weighted by Crippen LogP contribution is 2.14. The van der Waals surface area contributed by atoms with Crippen LogP contribution in [0.5, 0.6) is 0 Å². The maximum Gasteiger partial charge on any atom is 0.308 e. The lowest BCUT2D eigenvalue weighted by molar-refractivity contribution is -0.150. The van der Waals surface area contributed by atoms with Crippen molar-refractivity contribution in [3.8, 4) is 0 Å². The van der Waals surface area contributed by atoms with Gasteiger partial charge in [0.2, 0.25) is 11.8 Å². The number of rotatable bonds is 6. The lowest BCUT2D eigenvalue weighted by Gasteiger charge is -2.36. The quantitative estimate of drug-likeness (QED) is 0.391. The highest BCUT2D eigenvalue weighted by atomic mass is 32.1. The minimum atomic E-state index is -0.845. The van der Waals surface area contributed by atoms with Crippen molar-refractivity contribution in [2.75, 3.05) is 26.3 Å². The van der Waals surface area contributed by atoms with Crippen LogP contribution >= 0.6 is 12.2 Å². The van der Waals surface area contributed by atoms with E-state index in [-0.39, 0.29) is 30.2 Å². The van der Waals surface area contributed by atoms with Crippen molar-refractivity contribution in [3.63, 3.8) is 0 Å². The van der Waals surface area contributed by atoms with Gasteiger partial charge in [-0.15, -0.1) is 0 Å². The Hall–Kier alpha value is -2.72. The van der Waals surface area contributed by atoms with Crippen LogP contribution in [0.4, 0.5) is 0 Å². The number of esters is 1. The second-order valence-electron chi connectivity index (χ2n) is 6.67. The molecule has 156 valence electrons. The molecule has 0 radical (unpaired) electrons. The van der Waals surface area contributed by atoms with Crippen LogP contribution < -0.4 is 10.6 Å². The molecule has 2 saturated heterocycles. The molecule has 0 aromatic carbocycles. The van der Waals surface area contributed by atoms with Crippen molar-refractivity contribution in [2.45, 2.75) is 31.4 Å². The van der Waals surface area contributed by atoms with Gasteiger partial charge in [0.15, 0.2) is 5.11 Å². The lowest BCUT2D eigenvalue weighted by atomic mass is 10.1. The van der Waals surface area contributed by atoms with Crippen LogP contribution in [0.25, 0.3) is 6.08 Å².